The third-order valence-corrected chi connectivity index (χ3v) is 1.88. The molecule has 0 fully saturated rings. The van der Waals surface area contributed by atoms with E-state index in [1.807, 2.05) is 0 Å². The van der Waals surface area contributed by atoms with Crippen molar-refractivity contribution in [2.45, 2.75) is 6.92 Å². The Bertz CT molecular complexity index is 418. The topological polar surface area (TPSA) is 37.4 Å². The summed E-state index contributed by atoms with van der Waals surface area (Å²) >= 11 is 0. The summed E-state index contributed by atoms with van der Waals surface area (Å²) in [5, 5.41) is 0. The average molecular weight is 213 g/mol. The molecule has 0 heterocycles. The molecule has 1 aromatic rings. The molecule has 0 atom stereocenters. The van der Waals surface area contributed by atoms with Gasteiger partial charge in [0.05, 0.1) is 5.69 Å². The van der Waals surface area contributed by atoms with Crippen molar-refractivity contribution in [2.24, 2.45) is 0 Å². The second-order valence-electron chi connectivity index (χ2n) is 3.02. The monoisotopic (exact) mass is 213 g/mol. The first-order chi connectivity index (χ1) is 6.93. The van der Waals surface area contributed by atoms with E-state index in [4.69, 9.17) is 0 Å². The highest BCUT2D eigenvalue weighted by molar-refractivity contribution is 6.40. The van der Waals surface area contributed by atoms with Crippen LogP contribution in [0.25, 0.3) is 0 Å². The standard InChI is InChI=1S/C10H9F2NO2/c1-6(14)10(15)13(2)9-4-3-7(11)5-8(9)12/h3-5H,1-2H3. The quantitative estimate of drug-likeness (QED) is 0.698. The van der Waals surface area contributed by atoms with Gasteiger partial charge in [-0.15, -0.1) is 0 Å². The minimum Gasteiger partial charge on any atom is -0.306 e. The summed E-state index contributed by atoms with van der Waals surface area (Å²) in [5.41, 5.74) is -0.128. The minimum atomic E-state index is -0.882. The lowest BCUT2D eigenvalue weighted by Crippen LogP contribution is -2.32. The predicted octanol–water partition coefficient (Wildman–Crippen LogP) is 1.52. The van der Waals surface area contributed by atoms with E-state index in [1.54, 1.807) is 0 Å². The Labute approximate surface area is 85.3 Å². The van der Waals surface area contributed by atoms with Gasteiger partial charge in [0, 0.05) is 20.0 Å². The van der Waals surface area contributed by atoms with Gasteiger partial charge in [-0.3, -0.25) is 9.59 Å². The van der Waals surface area contributed by atoms with Gasteiger partial charge in [0.25, 0.3) is 5.91 Å². The van der Waals surface area contributed by atoms with Crippen LogP contribution in [0.3, 0.4) is 0 Å². The van der Waals surface area contributed by atoms with Crippen LogP contribution in [0.4, 0.5) is 14.5 Å². The third-order valence-electron chi connectivity index (χ3n) is 1.88. The molecule has 5 heteroatoms. The van der Waals surface area contributed by atoms with E-state index in [0.29, 0.717) is 6.07 Å². The molecule has 0 aliphatic heterocycles. The molecule has 3 nitrogen and oxygen atoms in total. The Morgan fingerprint density at radius 1 is 1.27 bits per heavy atom. The first-order valence-electron chi connectivity index (χ1n) is 4.17. The Balaban J connectivity index is 3.06. The number of amides is 1. The fourth-order valence-electron chi connectivity index (χ4n) is 1.10. The number of halogens is 2. The number of hydrogen-bond acceptors (Lipinski definition) is 2. The summed E-state index contributed by atoms with van der Waals surface area (Å²) in [6, 6.07) is 2.77. The van der Waals surface area contributed by atoms with Gasteiger partial charge >= 0.3 is 0 Å². The molecule has 1 amide bonds. The zero-order valence-electron chi connectivity index (χ0n) is 8.25. The van der Waals surface area contributed by atoms with Crippen molar-refractivity contribution < 1.29 is 18.4 Å². The lowest BCUT2D eigenvalue weighted by molar-refractivity contribution is -0.134. The molecular weight excluding hydrogens is 204 g/mol. The van der Waals surface area contributed by atoms with Gasteiger partial charge in [-0.1, -0.05) is 0 Å². The Hall–Kier alpha value is -1.78. The summed E-state index contributed by atoms with van der Waals surface area (Å²) in [6.45, 7) is 1.08. The van der Waals surface area contributed by atoms with Crippen LogP contribution in [0, 0.1) is 11.6 Å². The molecule has 0 unspecified atom stereocenters. The number of benzene rings is 1. The van der Waals surface area contributed by atoms with Crippen molar-refractivity contribution in [3.05, 3.63) is 29.8 Å². The van der Waals surface area contributed by atoms with Gasteiger partial charge in [0.15, 0.2) is 0 Å². The summed E-state index contributed by atoms with van der Waals surface area (Å²) in [5.74, 6) is -3.17. The molecule has 0 aromatic heterocycles. The molecule has 0 saturated carbocycles. The van der Waals surface area contributed by atoms with Crippen molar-refractivity contribution >= 4 is 17.4 Å². The fraction of sp³-hybridized carbons (Fsp3) is 0.200. The maximum atomic E-state index is 13.2. The summed E-state index contributed by atoms with van der Waals surface area (Å²) < 4.78 is 25.7. The Kier molecular flexibility index (Phi) is 3.14. The highest BCUT2D eigenvalue weighted by atomic mass is 19.1. The van der Waals surface area contributed by atoms with Gasteiger partial charge in [0.1, 0.15) is 11.6 Å². The van der Waals surface area contributed by atoms with Crippen molar-refractivity contribution in [2.75, 3.05) is 11.9 Å². The molecule has 1 rings (SSSR count). The largest absolute Gasteiger partial charge is 0.306 e. The van der Waals surface area contributed by atoms with Crippen molar-refractivity contribution in [3.8, 4) is 0 Å². The van der Waals surface area contributed by atoms with Gasteiger partial charge in [0.2, 0.25) is 5.78 Å². The lowest BCUT2D eigenvalue weighted by atomic mass is 10.2. The summed E-state index contributed by atoms with van der Waals surface area (Å²) in [4.78, 5) is 22.8. The fourth-order valence-corrected chi connectivity index (χ4v) is 1.10. The van der Waals surface area contributed by atoms with Crippen LogP contribution >= 0.6 is 0 Å². The van der Waals surface area contributed by atoms with E-state index in [-0.39, 0.29) is 5.69 Å². The SMILES string of the molecule is CC(=O)C(=O)N(C)c1ccc(F)cc1F. The summed E-state index contributed by atoms with van der Waals surface area (Å²) in [7, 11) is 1.25. The number of carbonyl (C=O) groups excluding carboxylic acids is 2. The highest BCUT2D eigenvalue weighted by Crippen LogP contribution is 2.18. The predicted molar refractivity (Wildman–Crippen MR) is 50.4 cm³/mol. The number of ketones is 1. The second kappa shape index (κ2) is 4.16. The zero-order chi connectivity index (χ0) is 11.6. The van der Waals surface area contributed by atoms with Crippen LogP contribution in [0.2, 0.25) is 0 Å². The molecule has 0 bridgehead atoms. The number of likely N-dealkylation sites (N-methyl/N-ethyl adjacent to an activating group) is 1. The number of hydrogen-bond donors (Lipinski definition) is 0. The van der Waals surface area contributed by atoms with Crippen molar-refractivity contribution in [1.29, 1.82) is 0 Å². The molecule has 80 valence electrons. The van der Waals surface area contributed by atoms with Gasteiger partial charge < -0.3 is 4.90 Å². The van der Waals surface area contributed by atoms with Crippen molar-refractivity contribution in [1.82, 2.24) is 0 Å². The van der Waals surface area contributed by atoms with Crippen molar-refractivity contribution in [3.63, 3.8) is 0 Å². The van der Waals surface area contributed by atoms with Crippen LogP contribution in [0.5, 0.6) is 0 Å². The van der Waals surface area contributed by atoms with E-state index in [1.165, 1.54) is 7.05 Å². The van der Waals surface area contributed by atoms with Crippen LogP contribution in [0.1, 0.15) is 6.92 Å². The Morgan fingerprint density at radius 3 is 2.33 bits per heavy atom. The maximum Gasteiger partial charge on any atom is 0.293 e. The van der Waals surface area contributed by atoms with Crippen LogP contribution in [0.15, 0.2) is 18.2 Å². The van der Waals surface area contributed by atoms with Crippen LogP contribution < -0.4 is 4.90 Å². The molecule has 0 N–H and O–H groups in total. The molecule has 0 aliphatic carbocycles. The third kappa shape index (κ3) is 2.37. The van der Waals surface area contributed by atoms with E-state index in [2.05, 4.69) is 0 Å². The van der Waals surface area contributed by atoms with Gasteiger partial charge in [-0.2, -0.15) is 0 Å². The minimum absolute atomic E-state index is 0.128. The van der Waals surface area contributed by atoms with Gasteiger partial charge in [-0.05, 0) is 12.1 Å². The summed E-state index contributed by atoms with van der Waals surface area (Å²) in [6.07, 6.45) is 0. The van der Waals surface area contributed by atoms with Gasteiger partial charge in [-0.25, -0.2) is 8.78 Å². The normalized spacial score (nSPS) is 9.87. The number of Topliss-reactive ketones (excluding diaryl/α,β-unsaturated/α-hetero) is 1. The molecule has 0 saturated heterocycles. The number of rotatable bonds is 2. The number of nitrogens with zero attached hydrogens (tertiary/aromatic N) is 1. The maximum absolute atomic E-state index is 13.2. The first-order valence-corrected chi connectivity index (χ1v) is 4.17. The first kappa shape index (κ1) is 11.3. The molecule has 0 radical (unpaired) electrons. The van der Waals surface area contributed by atoms with E-state index >= 15 is 0 Å². The highest BCUT2D eigenvalue weighted by Gasteiger charge is 2.18. The second-order valence-corrected chi connectivity index (χ2v) is 3.02. The molecule has 1 aromatic carbocycles. The molecule has 15 heavy (non-hydrogen) atoms. The lowest BCUT2D eigenvalue weighted by Gasteiger charge is -2.15. The molecule has 0 aliphatic rings. The van der Waals surface area contributed by atoms with E-state index in [0.717, 1.165) is 24.0 Å². The molecule has 0 spiro atoms. The number of anilines is 1. The number of carbonyl (C=O) groups is 2. The average Bonchev–Trinajstić information content (AvgIpc) is 2.15. The van der Waals surface area contributed by atoms with E-state index in [9.17, 15) is 18.4 Å². The zero-order valence-corrected chi connectivity index (χ0v) is 8.25. The Morgan fingerprint density at radius 2 is 1.87 bits per heavy atom. The van der Waals surface area contributed by atoms with E-state index < -0.39 is 23.3 Å². The molecular formula is C10H9F2NO2. The van der Waals surface area contributed by atoms with Crippen LogP contribution in [-0.2, 0) is 9.59 Å². The van der Waals surface area contributed by atoms with Crippen LogP contribution in [-0.4, -0.2) is 18.7 Å². The smallest absolute Gasteiger partial charge is 0.293 e.